The molecule has 0 amide bonds. The van der Waals surface area contributed by atoms with E-state index in [-0.39, 0.29) is 0 Å². The normalized spacial score (nSPS) is 19.3. The van der Waals surface area contributed by atoms with E-state index >= 15 is 0 Å². The van der Waals surface area contributed by atoms with E-state index in [2.05, 4.69) is 50.4 Å². The Morgan fingerprint density at radius 2 is 2.11 bits per heavy atom. The monoisotopic (exact) mass is 261 g/mol. The summed E-state index contributed by atoms with van der Waals surface area (Å²) in [7, 11) is 0. The lowest BCUT2D eigenvalue weighted by Crippen LogP contribution is -2.35. The van der Waals surface area contributed by atoms with Crippen LogP contribution >= 0.6 is 0 Å². The van der Waals surface area contributed by atoms with Gasteiger partial charge in [0.1, 0.15) is 11.9 Å². The summed E-state index contributed by atoms with van der Waals surface area (Å²) in [5, 5.41) is 3.66. The van der Waals surface area contributed by atoms with E-state index in [9.17, 15) is 0 Å². The first-order chi connectivity index (χ1) is 9.20. The number of hydrogen-bond donors (Lipinski definition) is 1. The van der Waals surface area contributed by atoms with E-state index in [4.69, 9.17) is 4.74 Å². The van der Waals surface area contributed by atoms with Gasteiger partial charge in [0.05, 0.1) is 0 Å². The maximum atomic E-state index is 6.01. The predicted molar refractivity (Wildman–Crippen MR) is 80.7 cm³/mol. The molecule has 106 valence electrons. The number of para-hydroxylation sites is 1. The van der Waals surface area contributed by atoms with Gasteiger partial charge in [-0.25, -0.2) is 0 Å². The SMILES string of the molecule is CCCNC(CCC1Cc2ccccc2O1)C(C)C. The first-order valence-corrected chi connectivity index (χ1v) is 7.68. The Bertz CT molecular complexity index is 364. The molecule has 1 aliphatic heterocycles. The topological polar surface area (TPSA) is 21.3 Å². The van der Waals surface area contributed by atoms with Crippen LogP contribution in [0.4, 0.5) is 0 Å². The zero-order valence-corrected chi connectivity index (χ0v) is 12.5. The number of fused-ring (bicyclic) bond motifs is 1. The average Bonchev–Trinajstić information content (AvgIpc) is 2.81. The summed E-state index contributed by atoms with van der Waals surface area (Å²) >= 11 is 0. The molecular formula is C17H27NO. The fraction of sp³-hybridized carbons (Fsp3) is 0.647. The first kappa shape index (κ1) is 14.4. The summed E-state index contributed by atoms with van der Waals surface area (Å²) in [5.74, 6) is 1.78. The van der Waals surface area contributed by atoms with Crippen molar-refractivity contribution in [2.45, 2.75) is 58.6 Å². The molecular weight excluding hydrogens is 234 g/mol. The lowest BCUT2D eigenvalue weighted by molar-refractivity contribution is 0.204. The van der Waals surface area contributed by atoms with Crippen LogP contribution in [-0.4, -0.2) is 18.7 Å². The van der Waals surface area contributed by atoms with Crippen molar-refractivity contribution in [1.82, 2.24) is 5.32 Å². The molecule has 0 bridgehead atoms. The van der Waals surface area contributed by atoms with Gasteiger partial charge in [-0.3, -0.25) is 0 Å². The second kappa shape index (κ2) is 6.95. The van der Waals surface area contributed by atoms with Crippen molar-refractivity contribution in [3.8, 4) is 5.75 Å². The van der Waals surface area contributed by atoms with Crippen molar-refractivity contribution in [3.05, 3.63) is 29.8 Å². The van der Waals surface area contributed by atoms with Crippen LogP contribution in [0, 0.1) is 5.92 Å². The molecule has 0 aromatic heterocycles. The van der Waals surface area contributed by atoms with E-state index in [0.717, 1.165) is 25.1 Å². The van der Waals surface area contributed by atoms with Crippen LogP contribution in [0.15, 0.2) is 24.3 Å². The van der Waals surface area contributed by atoms with Gasteiger partial charge in [0.2, 0.25) is 0 Å². The Kier molecular flexibility index (Phi) is 5.26. The Hall–Kier alpha value is -1.02. The smallest absolute Gasteiger partial charge is 0.123 e. The van der Waals surface area contributed by atoms with Crippen LogP contribution in [-0.2, 0) is 6.42 Å². The molecule has 1 aromatic rings. The molecule has 0 aliphatic carbocycles. The summed E-state index contributed by atoms with van der Waals surface area (Å²) in [6.45, 7) is 7.95. The predicted octanol–water partition coefficient (Wildman–Crippen LogP) is 3.79. The first-order valence-electron chi connectivity index (χ1n) is 7.68. The van der Waals surface area contributed by atoms with Crippen molar-refractivity contribution in [2.24, 2.45) is 5.92 Å². The zero-order chi connectivity index (χ0) is 13.7. The fourth-order valence-corrected chi connectivity index (χ4v) is 2.78. The Balaban J connectivity index is 1.80. The summed E-state index contributed by atoms with van der Waals surface area (Å²) < 4.78 is 6.01. The third-order valence-corrected chi connectivity index (χ3v) is 3.97. The number of rotatable bonds is 7. The highest BCUT2D eigenvalue weighted by atomic mass is 16.5. The highest BCUT2D eigenvalue weighted by Gasteiger charge is 2.23. The minimum Gasteiger partial charge on any atom is -0.490 e. The van der Waals surface area contributed by atoms with Gasteiger partial charge in [0.25, 0.3) is 0 Å². The van der Waals surface area contributed by atoms with Crippen LogP contribution < -0.4 is 10.1 Å². The maximum Gasteiger partial charge on any atom is 0.123 e. The second-order valence-electron chi connectivity index (χ2n) is 5.93. The molecule has 0 fully saturated rings. The second-order valence-corrected chi connectivity index (χ2v) is 5.93. The lowest BCUT2D eigenvalue weighted by Gasteiger charge is -2.23. The van der Waals surface area contributed by atoms with Gasteiger partial charge >= 0.3 is 0 Å². The largest absolute Gasteiger partial charge is 0.490 e. The summed E-state index contributed by atoms with van der Waals surface area (Å²) in [6.07, 6.45) is 5.01. The molecule has 1 N–H and O–H groups in total. The van der Waals surface area contributed by atoms with E-state index in [1.54, 1.807) is 0 Å². The molecule has 1 aromatic carbocycles. The number of nitrogens with one attached hydrogen (secondary N) is 1. The molecule has 1 aliphatic rings. The summed E-state index contributed by atoms with van der Waals surface area (Å²) in [5.41, 5.74) is 1.37. The Labute approximate surface area is 117 Å². The van der Waals surface area contributed by atoms with Gasteiger partial charge in [-0.2, -0.15) is 0 Å². The van der Waals surface area contributed by atoms with Crippen LogP contribution in [0.3, 0.4) is 0 Å². The number of ether oxygens (including phenoxy) is 1. The van der Waals surface area contributed by atoms with Crippen molar-refractivity contribution in [3.63, 3.8) is 0 Å². The molecule has 2 atom stereocenters. The van der Waals surface area contributed by atoms with Gasteiger partial charge in [0.15, 0.2) is 0 Å². The minimum atomic E-state index is 0.377. The van der Waals surface area contributed by atoms with Crippen LogP contribution in [0.5, 0.6) is 5.75 Å². The summed E-state index contributed by atoms with van der Waals surface area (Å²) in [6, 6.07) is 9.05. The molecule has 19 heavy (non-hydrogen) atoms. The van der Waals surface area contributed by atoms with E-state index in [0.29, 0.717) is 18.1 Å². The van der Waals surface area contributed by atoms with Crippen molar-refractivity contribution >= 4 is 0 Å². The molecule has 2 rings (SSSR count). The van der Waals surface area contributed by atoms with Gasteiger partial charge in [-0.05, 0) is 43.4 Å². The molecule has 0 spiro atoms. The van der Waals surface area contributed by atoms with E-state index in [1.807, 2.05) is 0 Å². The molecule has 2 heteroatoms. The van der Waals surface area contributed by atoms with Crippen LogP contribution in [0.2, 0.25) is 0 Å². The minimum absolute atomic E-state index is 0.377. The van der Waals surface area contributed by atoms with E-state index < -0.39 is 0 Å². The number of benzene rings is 1. The van der Waals surface area contributed by atoms with Crippen molar-refractivity contribution in [2.75, 3.05) is 6.54 Å². The van der Waals surface area contributed by atoms with Crippen molar-refractivity contribution < 1.29 is 4.74 Å². The summed E-state index contributed by atoms with van der Waals surface area (Å²) in [4.78, 5) is 0. The molecule has 1 heterocycles. The van der Waals surface area contributed by atoms with Gasteiger partial charge < -0.3 is 10.1 Å². The molecule has 2 nitrogen and oxygen atoms in total. The van der Waals surface area contributed by atoms with Crippen molar-refractivity contribution in [1.29, 1.82) is 0 Å². The lowest BCUT2D eigenvalue weighted by atomic mass is 9.96. The van der Waals surface area contributed by atoms with E-state index in [1.165, 1.54) is 18.4 Å². The quantitative estimate of drug-likeness (QED) is 0.806. The van der Waals surface area contributed by atoms with Gasteiger partial charge in [-0.1, -0.05) is 39.0 Å². The van der Waals surface area contributed by atoms with Crippen LogP contribution in [0.1, 0.15) is 45.6 Å². The van der Waals surface area contributed by atoms with Gasteiger partial charge in [-0.15, -0.1) is 0 Å². The third-order valence-electron chi connectivity index (χ3n) is 3.97. The average molecular weight is 261 g/mol. The highest BCUT2D eigenvalue weighted by molar-refractivity contribution is 5.37. The molecule has 0 radical (unpaired) electrons. The number of hydrogen-bond acceptors (Lipinski definition) is 2. The highest BCUT2D eigenvalue weighted by Crippen LogP contribution is 2.30. The van der Waals surface area contributed by atoms with Gasteiger partial charge in [0, 0.05) is 12.5 Å². The van der Waals surface area contributed by atoms with Crippen LogP contribution in [0.25, 0.3) is 0 Å². The molecule has 2 unspecified atom stereocenters. The molecule has 0 saturated heterocycles. The Morgan fingerprint density at radius 3 is 2.79 bits per heavy atom. The Morgan fingerprint density at radius 1 is 1.32 bits per heavy atom. The fourth-order valence-electron chi connectivity index (χ4n) is 2.78. The maximum absolute atomic E-state index is 6.01. The molecule has 0 saturated carbocycles. The zero-order valence-electron chi connectivity index (χ0n) is 12.5. The third kappa shape index (κ3) is 3.97. The standard InChI is InChI=1S/C17H27NO/c1-4-11-18-16(13(2)3)10-9-15-12-14-7-5-6-8-17(14)19-15/h5-8,13,15-16,18H,4,9-12H2,1-3H3.